The zero-order valence-electron chi connectivity index (χ0n) is 12.1. The lowest BCUT2D eigenvalue weighted by molar-refractivity contribution is 0.157. The SMILES string of the molecule is CC.CCN(CC)C(=O)Oc1cc(Cl)cc(F)c1C. The fourth-order valence-electron chi connectivity index (χ4n) is 1.37. The average Bonchev–Trinajstić information content (AvgIpc) is 2.39. The van der Waals surface area contributed by atoms with Gasteiger partial charge in [-0.3, -0.25) is 0 Å². The van der Waals surface area contributed by atoms with Gasteiger partial charge in [0.2, 0.25) is 0 Å². The number of benzene rings is 1. The molecule has 0 heterocycles. The van der Waals surface area contributed by atoms with Crippen LogP contribution in [-0.2, 0) is 0 Å². The van der Waals surface area contributed by atoms with Gasteiger partial charge >= 0.3 is 6.09 Å². The van der Waals surface area contributed by atoms with E-state index in [-0.39, 0.29) is 16.3 Å². The highest BCUT2D eigenvalue weighted by Gasteiger charge is 2.15. The number of amides is 1. The van der Waals surface area contributed by atoms with Crippen molar-refractivity contribution in [2.24, 2.45) is 0 Å². The lowest BCUT2D eigenvalue weighted by Gasteiger charge is -2.18. The Bertz CT molecular complexity index is 420. The van der Waals surface area contributed by atoms with E-state index < -0.39 is 11.9 Å². The molecule has 0 saturated heterocycles. The number of hydrogen-bond acceptors (Lipinski definition) is 2. The van der Waals surface area contributed by atoms with Gasteiger partial charge in [-0.2, -0.15) is 0 Å². The van der Waals surface area contributed by atoms with Gasteiger partial charge in [0.05, 0.1) is 0 Å². The number of nitrogens with zero attached hydrogens (tertiary/aromatic N) is 1. The van der Waals surface area contributed by atoms with Crippen molar-refractivity contribution < 1.29 is 13.9 Å². The molecule has 0 aliphatic rings. The van der Waals surface area contributed by atoms with E-state index in [4.69, 9.17) is 16.3 Å². The highest BCUT2D eigenvalue weighted by atomic mass is 35.5. The number of halogens is 2. The standard InChI is InChI=1S/C12H15ClFNO2.C2H6/c1-4-15(5-2)12(16)17-11-7-9(13)6-10(14)8(11)3;1-2/h6-7H,4-5H2,1-3H3;1-2H3. The maximum absolute atomic E-state index is 13.4. The molecule has 0 N–H and O–H groups in total. The van der Waals surface area contributed by atoms with Gasteiger partial charge in [-0.25, -0.2) is 9.18 Å². The first-order valence-corrected chi connectivity index (χ1v) is 6.79. The van der Waals surface area contributed by atoms with E-state index in [9.17, 15) is 9.18 Å². The predicted octanol–water partition coefficient (Wildman–Crippen LogP) is 4.65. The van der Waals surface area contributed by atoms with Crippen LogP contribution in [0.1, 0.15) is 33.3 Å². The lowest BCUT2D eigenvalue weighted by Crippen LogP contribution is -2.33. The van der Waals surface area contributed by atoms with Crippen molar-refractivity contribution in [1.29, 1.82) is 0 Å². The van der Waals surface area contributed by atoms with Gasteiger partial charge in [-0.1, -0.05) is 25.4 Å². The van der Waals surface area contributed by atoms with Crippen molar-refractivity contribution in [1.82, 2.24) is 4.90 Å². The monoisotopic (exact) mass is 289 g/mol. The highest BCUT2D eigenvalue weighted by Crippen LogP contribution is 2.26. The second kappa shape index (κ2) is 8.75. The summed E-state index contributed by atoms with van der Waals surface area (Å²) < 4.78 is 18.5. The summed E-state index contributed by atoms with van der Waals surface area (Å²) >= 11 is 5.71. The van der Waals surface area contributed by atoms with Crippen molar-refractivity contribution in [3.05, 3.63) is 28.5 Å². The van der Waals surface area contributed by atoms with E-state index in [1.54, 1.807) is 0 Å². The average molecular weight is 290 g/mol. The van der Waals surface area contributed by atoms with E-state index in [1.807, 2.05) is 27.7 Å². The van der Waals surface area contributed by atoms with Gasteiger partial charge < -0.3 is 9.64 Å². The molecular weight excluding hydrogens is 269 g/mol. The molecular formula is C14H21ClFNO2. The number of ether oxygens (including phenoxy) is 1. The molecule has 0 saturated carbocycles. The van der Waals surface area contributed by atoms with Gasteiger partial charge in [0.1, 0.15) is 11.6 Å². The molecule has 1 rings (SSSR count). The van der Waals surface area contributed by atoms with Crippen LogP contribution in [0.15, 0.2) is 12.1 Å². The third kappa shape index (κ3) is 5.07. The molecule has 0 aliphatic heterocycles. The first kappa shape index (κ1) is 17.7. The molecule has 0 bridgehead atoms. The van der Waals surface area contributed by atoms with Gasteiger partial charge in [-0.15, -0.1) is 0 Å². The third-order valence-corrected chi connectivity index (χ3v) is 2.70. The lowest BCUT2D eigenvalue weighted by atomic mass is 10.2. The Balaban J connectivity index is 0.00000154. The van der Waals surface area contributed by atoms with Gasteiger partial charge in [0, 0.05) is 29.7 Å². The van der Waals surface area contributed by atoms with Crippen LogP contribution in [0.4, 0.5) is 9.18 Å². The van der Waals surface area contributed by atoms with E-state index in [2.05, 4.69) is 0 Å². The summed E-state index contributed by atoms with van der Waals surface area (Å²) in [5.41, 5.74) is 0.273. The van der Waals surface area contributed by atoms with Crippen molar-refractivity contribution in [2.75, 3.05) is 13.1 Å². The summed E-state index contributed by atoms with van der Waals surface area (Å²) in [5.74, 6) is -0.327. The Labute approximate surface area is 119 Å². The molecule has 5 heteroatoms. The first-order valence-electron chi connectivity index (χ1n) is 6.42. The van der Waals surface area contributed by atoms with Crippen LogP contribution in [0.5, 0.6) is 5.75 Å². The normalized spacial score (nSPS) is 9.42. The van der Waals surface area contributed by atoms with Crippen LogP contribution in [0.3, 0.4) is 0 Å². The summed E-state index contributed by atoms with van der Waals surface area (Å²) in [4.78, 5) is 13.2. The fraction of sp³-hybridized carbons (Fsp3) is 0.500. The third-order valence-electron chi connectivity index (χ3n) is 2.48. The second-order valence-corrected chi connectivity index (χ2v) is 3.99. The Morgan fingerprint density at radius 3 is 2.32 bits per heavy atom. The predicted molar refractivity (Wildman–Crippen MR) is 76.4 cm³/mol. The van der Waals surface area contributed by atoms with E-state index in [1.165, 1.54) is 24.0 Å². The summed E-state index contributed by atoms with van der Waals surface area (Å²) in [6, 6.07) is 2.62. The van der Waals surface area contributed by atoms with E-state index >= 15 is 0 Å². The van der Waals surface area contributed by atoms with Crippen LogP contribution in [0, 0.1) is 12.7 Å². The minimum atomic E-state index is -0.500. The zero-order valence-corrected chi connectivity index (χ0v) is 12.8. The molecule has 3 nitrogen and oxygen atoms in total. The van der Waals surface area contributed by atoms with Crippen LogP contribution < -0.4 is 4.74 Å². The molecule has 19 heavy (non-hydrogen) atoms. The van der Waals surface area contributed by atoms with Crippen LogP contribution >= 0.6 is 11.6 Å². The molecule has 0 spiro atoms. The Morgan fingerprint density at radius 2 is 1.84 bits per heavy atom. The maximum Gasteiger partial charge on any atom is 0.415 e. The number of hydrogen-bond donors (Lipinski definition) is 0. The fourth-order valence-corrected chi connectivity index (χ4v) is 1.56. The number of carbonyl (C=O) groups excluding carboxylic acids is 1. The van der Waals surface area contributed by atoms with Crippen LogP contribution in [-0.4, -0.2) is 24.1 Å². The minimum absolute atomic E-state index is 0.159. The Hall–Kier alpha value is -1.29. The van der Waals surface area contributed by atoms with Crippen LogP contribution in [0.25, 0.3) is 0 Å². The second-order valence-electron chi connectivity index (χ2n) is 3.55. The van der Waals surface area contributed by atoms with Crippen LogP contribution in [0.2, 0.25) is 5.02 Å². The molecule has 0 fully saturated rings. The molecule has 0 aromatic heterocycles. The molecule has 1 aromatic rings. The minimum Gasteiger partial charge on any atom is -0.410 e. The number of rotatable bonds is 3. The topological polar surface area (TPSA) is 29.5 Å². The maximum atomic E-state index is 13.4. The Kier molecular flexibility index (Phi) is 8.16. The molecule has 0 unspecified atom stereocenters. The highest BCUT2D eigenvalue weighted by molar-refractivity contribution is 6.30. The zero-order chi connectivity index (χ0) is 15.0. The molecule has 1 amide bonds. The smallest absolute Gasteiger partial charge is 0.410 e. The molecule has 0 radical (unpaired) electrons. The van der Waals surface area contributed by atoms with Crippen molar-refractivity contribution in [3.8, 4) is 5.75 Å². The summed E-state index contributed by atoms with van der Waals surface area (Å²) in [6.45, 7) is 10.3. The largest absolute Gasteiger partial charge is 0.415 e. The summed E-state index contributed by atoms with van der Waals surface area (Å²) in [7, 11) is 0. The number of carbonyl (C=O) groups is 1. The summed E-state index contributed by atoms with van der Waals surface area (Å²) in [6.07, 6.45) is -0.500. The van der Waals surface area contributed by atoms with E-state index in [0.717, 1.165) is 0 Å². The molecule has 0 atom stereocenters. The van der Waals surface area contributed by atoms with E-state index in [0.29, 0.717) is 13.1 Å². The molecule has 0 aliphatic carbocycles. The first-order chi connectivity index (χ1) is 8.99. The Morgan fingerprint density at radius 1 is 1.32 bits per heavy atom. The van der Waals surface area contributed by atoms with Crippen molar-refractivity contribution >= 4 is 17.7 Å². The van der Waals surface area contributed by atoms with Gasteiger partial charge in [-0.05, 0) is 26.8 Å². The molecule has 108 valence electrons. The van der Waals surface area contributed by atoms with Crippen molar-refractivity contribution in [2.45, 2.75) is 34.6 Å². The van der Waals surface area contributed by atoms with Gasteiger partial charge in [0.25, 0.3) is 0 Å². The van der Waals surface area contributed by atoms with Gasteiger partial charge in [0.15, 0.2) is 0 Å². The quantitative estimate of drug-likeness (QED) is 0.810. The van der Waals surface area contributed by atoms with Crippen molar-refractivity contribution in [3.63, 3.8) is 0 Å². The molecule has 1 aromatic carbocycles. The summed E-state index contributed by atoms with van der Waals surface area (Å²) in [5, 5.41) is 0.204.